The fraction of sp³-hybridized carbons (Fsp3) is 0. The number of hydrogen-bond acceptors (Lipinski definition) is 2. The highest BCUT2D eigenvalue weighted by atomic mass is 79.9. The van der Waals surface area contributed by atoms with Crippen LogP contribution in [0.15, 0.2) is 46.9 Å². The van der Waals surface area contributed by atoms with Gasteiger partial charge in [0.25, 0.3) is 5.91 Å². The average molecular weight is 353 g/mol. The molecule has 0 spiro atoms. The highest BCUT2D eigenvalue weighted by Gasteiger charge is 2.14. The standard InChI is InChI=1S/C14H10BrFN2OS/c15-9-4-1-3-8(7-9)14(19)18-11-6-2-5-10(16)12(11)13(17)20/h1-7H,(H2,17,20)(H,18,19). The molecule has 3 N–H and O–H groups in total. The van der Waals surface area contributed by atoms with Crippen molar-refractivity contribution in [3.8, 4) is 0 Å². The molecule has 0 heterocycles. The lowest BCUT2D eigenvalue weighted by atomic mass is 10.1. The summed E-state index contributed by atoms with van der Waals surface area (Å²) in [5.74, 6) is -0.932. The zero-order valence-electron chi connectivity index (χ0n) is 10.2. The number of halogens is 2. The van der Waals surface area contributed by atoms with Gasteiger partial charge in [-0.15, -0.1) is 0 Å². The van der Waals surface area contributed by atoms with Crippen molar-refractivity contribution in [2.75, 3.05) is 5.32 Å². The van der Waals surface area contributed by atoms with Crippen LogP contribution in [0.3, 0.4) is 0 Å². The third-order valence-electron chi connectivity index (χ3n) is 2.60. The Morgan fingerprint density at radius 1 is 1.25 bits per heavy atom. The van der Waals surface area contributed by atoms with Crippen molar-refractivity contribution < 1.29 is 9.18 Å². The molecule has 20 heavy (non-hydrogen) atoms. The minimum absolute atomic E-state index is 0.0332. The van der Waals surface area contributed by atoms with Gasteiger partial charge in [-0.2, -0.15) is 0 Å². The number of thiocarbonyl (C=S) groups is 1. The minimum Gasteiger partial charge on any atom is -0.389 e. The topological polar surface area (TPSA) is 55.1 Å². The molecule has 0 bridgehead atoms. The maximum atomic E-state index is 13.7. The van der Waals surface area contributed by atoms with Crippen LogP contribution in [0.25, 0.3) is 0 Å². The van der Waals surface area contributed by atoms with Gasteiger partial charge in [-0.05, 0) is 30.3 Å². The Hall–Kier alpha value is -1.79. The van der Waals surface area contributed by atoms with Gasteiger partial charge >= 0.3 is 0 Å². The Morgan fingerprint density at radius 2 is 1.95 bits per heavy atom. The largest absolute Gasteiger partial charge is 0.389 e. The van der Waals surface area contributed by atoms with Gasteiger partial charge in [0.05, 0.1) is 11.3 Å². The molecule has 0 aliphatic carbocycles. The fourth-order valence-electron chi connectivity index (χ4n) is 1.70. The number of nitrogens with one attached hydrogen (secondary N) is 1. The van der Waals surface area contributed by atoms with Crippen molar-refractivity contribution in [3.63, 3.8) is 0 Å². The first-order chi connectivity index (χ1) is 9.49. The Balaban J connectivity index is 2.33. The summed E-state index contributed by atoms with van der Waals surface area (Å²) in [7, 11) is 0. The van der Waals surface area contributed by atoms with Crippen LogP contribution >= 0.6 is 28.1 Å². The Bertz CT molecular complexity index is 691. The number of nitrogens with two attached hydrogens (primary N) is 1. The summed E-state index contributed by atoms with van der Waals surface area (Å²) in [6.07, 6.45) is 0. The van der Waals surface area contributed by atoms with E-state index in [4.69, 9.17) is 18.0 Å². The summed E-state index contributed by atoms with van der Waals surface area (Å²) in [5, 5.41) is 2.61. The lowest BCUT2D eigenvalue weighted by Crippen LogP contribution is -2.19. The van der Waals surface area contributed by atoms with Crippen LogP contribution in [0, 0.1) is 5.82 Å². The van der Waals surface area contributed by atoms with Crippen molar-refractivity contribution in [1.29, 1.82) is 0 Å². The first kappa shape index (κ1) is 14.6. The second-order valence-corrected chi connectivity index (χ2v) is 5.35. The lowest BCUT2D eigenvalue weighted by molar-refractivity contribution is 0.102. The van der Waals surface area contributed by atoms with Crippen LogP contribution in [0.5, 0.6) is 0 Å². The van der Waals surface area contributed by atoms with Crippen LogP contribution in [0.4, 0.5) is 10.1 Å². The minimum atomic E-state index is -0.565. The Morgan fingerprint density at radius 3 is 2.60 bits per heavy atom. The molecule has 6 heteroatoms. The maximum Gasteiger partial charge on any atom is 0.255 e. The summed E-state index contributed by atoms with van der Waals surface area (Å²) in [4.78, 5) is 12.0. The molecule has 2 aromatic rings. The number of anilines is 1. The van der Waals surface area contributed by atoms with Crippen molar-refractivity contribution in [2.24, 2.45) is 5.73 Å². The van der Waals surface area contributed by atoms with E-state index in [9.17, 15) is 9.18 Å². The number of carbonyl (C=O) groups is 1. The number of carbonyl (C=O) groups excluding carboxylic acids is 1. The molecular formula is C14H10BrFN2OS. The molecule has 3 nitrogen and oxygen atoms in total. The molecule has 2 aromatic carbocycles. The number of benzene rings is 2. The van der Waals surface area contributed by atoms with Gasteiger partial charge in [0.1, 0.15) is 10.8 Å². The molecule has 0 radical (unpaired) electrons. The second-order valence-electron chi connectivity index (χ2n) is 3.99. The third-order valence-corrected chi connectivity index (χ3v) is 3.29. The van der Waals surface area contributed by atoms with E-state index in [1.165, 1.54) is 12.1 Å². The van der Waals surface area contributed by atoms with Gasteiger partial charge in [-0.1, -0.05) is 40.3 Å². The van der Waals surface area contributed by atoms with E-state index in [-0.39, 0.29) is 22.1 Å². The summed E-state index contributed by atoms with van der Waals surface area (Å²) >= 11 is 8.09. The van der Waals surface area contributed by atoms with Gasteiger partial charge in [-0.25, -0.2) is 4.39 Å². The van der Waals surface area contributed by atoms with Crippen LogP contribution < -0.4 is 11.1 Å². The number of amides is 1. The SMILES string of the molecule is NC(=S)c1c(F)cccc1NC(=O)c1cccc(Br)c1. The van der Waals surface area contributed by atoms with Crippen molar-refractivity contribution in [1.82, 2.24) is 0 Å². The molecule has 0 saturated heterocycles. The smallest absolute Gasteiger partial charge is 0.255 e. The predicted octanol–water partition coefficient (Wildman–Crippen LogP) is 3.47. The van der Waals surface area contributed by atoms with Gasteiger partial charge in [-0.3, -0.25) is 4.79 Å². The Kier molecular flexibility index (Phi) is 4.46. The summed E-state index contributed by atoms with van der Waals surface area (Å²) < 4.78 is 14.5. The van der Waals surface area contributed by atoms with E-state index >= 15 is 0 Å². The van der Waals surface area contributed by atoms with Crippen LogP contribution in [-0.2, 0) is 0 Å². The van der Waals surface area contributed by atoms with Crippen LogP contribution in [0.2, 0.25) is 0 Å². The van der Waals surface area contributed by atoms with Gasteiger partial charge < -0.3 is 11.1 Å². The van der Waals surface area contributed by atoms with Gasteiger partial charge in [0.15, 0.2) is 0 Å². The number of rotatable bonds is 3. The van der Waals surface area contributed by atoms with Crippen LogP contribution in [0.1, 0.15) is 15.9 Å². The molecule has 1 amide bonds. The molecule has 0 saturated carbocycles. The summed E-state index contributed by atoms with van der Waals surface area (Å²) in [5.41, 5.74) is 6.21. The van der Waals surface area contributed by atoms with Gasteiger partial charge in [0, 0.05) is 10.0 Å². The van der Waals surface area contributed by atoms with E-state index in [2.05, 4.69) is 21.2 Å². The number of hydrogen-bond donors (Lipinski definition) is 2. The highest BCUT2D eigenvalue weighted by Crippen LogP contribution is 2.20. The van der Waals surface area contributed by atoms with E-state index in [1.807, 2.05) is 0 Å². The normalized spacial score (nSPS) is 10.1. The van der Waals surface area contributed by atoms with E-state index < -0.39 is 5.82 Å². The van der Waals surface area contributed by atoms with Crippen molar-refractivity contribution in [2.45, 2.75) is 0 Å². The Labute approximate surface area is 129 Å². The first-order valence-corrected chi connectivity index (χ1v) is 6.84. The molecule has 0 aromatic heterocycles. The zero-order valence-corrected chi connectivity index (χ0v) is 12.6. The van der Waals surface area contributed by atoms with Crippen molar-refractivity contribution >= 4 is 44.7 Å². The third kappa shape index (κ3) is 3.20. The molecule has 0 atom stereocenters. The summed E-state index contributed by atoms with van der Waals surface area (Å²) in [6.45, 7) is 0. The average Bonchev–Trinajstić information content (AvgIpc) is 2.38. The van der Waals surface area contributed by atoms with Crippen molar-refractivity contribution in [3.05, 3.63) is 63.9 Å². The second kappa shape index (κ2) is 6.11. The molecule has 0 unspecified atom stereocenters. The molecule has 0 aliphatic rings. The van der Waals surface area contributed by atoms with Gasteiger partial charge in [0.2, 0.25) is 0 Å². The maximum absolute atomic E-state index is 13.7. The molecule has 2 rings (SSSR count). The monoisotopic (exact) mass is 352 g/mol. The quantitative estimate of drug-likeness (QED) is 0.831. The lowest BCUT2D eigenvalue weighted by Gasteiger charge is -2.11. The van der Waals surface area contributed by atoms with Crippen LogP contribution in [-0.4, -0.2) is 10.9 Å². The zero-order chi connectivity index (χ0) is 14.7. The predicted molar refractivity (Wildman–Crippen MR) is 84.4 cm³/mol. The van der Waals surface area contributed by atoms with E-state index in [0.717, 1.165) is 4.47 Å². The first-order valence-electron chi connectivity index (χ1n) is 5.64. The summed E-state index contributed by atoms with van der Waals surface area (Å²) in [6, 6.07) is 11.1. The highest BCUT2D eigenvalue weighted by molar-refractivity contribution is 9.10. The molecule has 102 valence electrons. The molecule has 0 fully saturated rings. The van der Waals surface area contributed by atoms with E-state index in [1.54, 1.807) is 30.3 Å². The van der Waals surface area contributed by atoms with E-state index in [0.29, 0.717) is 5.56 Å². The fourth-order valence-corrected chi connectivity index (χ4v) is 2.31. The molecular weight excluding hydrogens is 343 g/mol. The molecule has 0 aliphatic heterocycles.